The summed E-state index contributed by atoms with van der Waals surface area (Å²) >= 11 is 0. The van der Waals surface area contributed by atoms with Crippen LogP contribution in [0.4, 0.5) is 10.5 Å². The van der Waals surface area contributed by atoms with Gasteiger partial charge in [0, 0.05) is 38.8 Å². The number of anilines is 1. The van der Waals surface area contributed by atoms with Crippen LogP contribution in [-0.4, -0.2) is 47.4 Å². The molecule has 6 nitrogen and oxygen atoms in total. The Labute approximate surface area is 149 Å². The van der Waals surface area contributed by atoms with Crippen LogP contribution >= 0.6 is 0 Å². The van der Waals surface area contributed by atoms with Gasteiger partial charge in [-0.1, -0.05) is 37.3 Å². The molecule has 0 aliphatic carbocycles. The van der Waals surface area contributed by atoms with E-state index in [0.29, 0.717) is 18.4 Å². The number of hydrogen-bond acceptors (Lipinski definition) is 3. The van der Waals surface area contributed by atoms with Gasteiger partial charge in [-0.15, -0.1) is 0 Å². The minimum absolute atomic E-state index is 0.163. The number of amides is 2. The zero-order valence-electron chi connectivity index (χ0n) is 15.2. The normalized spacial score (nSPS) is 20.6. The van der Waals surface area contributed by atoms with Crippen LogP contribution < -0.4 is 10.6 Å². The monoisotopic (exact) mass is 341 g/mol. The number of hydrogen-bond donors (Lipinski definition) is 2. The first-order valence-electron chi connectivity index (χ1n) is 8.87. The smallest absolute Gasteiger partial charge is 0.319 e. The number of aryl methyl sites for hydroxylation is 2. The van der Waals surface area contributed by atoms with Crippen LogP contribution in [0.15, 0.2) is 36.5 Å². The average Bonchev–Trinajstić information content (AvgIpc) is 3.15. The Morgan fingerprint density at radius 3 is 2.72 bits per heavy atom. The van der Waals surface area contributed by atoms with Gasteiger partial charge in [-0.2, -0.15) is 5.10 Å². The van der Waals surface area contributed by atoms with E-state index >= 15 is 0 Å². The second-order valence-electron chi connectivity index (χ2n) is 6.85. The summed E-state index contributed by atoms with van der Waals surface area (Å²) in [5.74, 6) is 0.869. The minimum Gasteiger partial charge on any atom is -0.338 e. The van der Waals surface area contributed by atoms with Crippen molar-refractivity contribution in [3.8, 4) is 0 Å². The molecule has 3 rings (SSSR count). The second kappa shape index (κ2) is 7.70. The molecule has 1 aromatic heterocycles. The third-order valence-corrected chi connectivity index (χ3v) is 4.86. The van der Waals surface area contributed by atoms with Crippen LogP contribution in [0.5, 0.6) is 0 Å². The molecule has 1 saturated heterocycles. The van der Waals surface area contributed by atoms with Crippen molar-refractivity contribution in [1.82, 2.24) is 20.0 Å². The minimum atomic E-state index is -0.163. The third kappa shape index (κ3) is 4.20. The summed E-state index contributed by atoms with van der Waals surface area (Å²) in [6.07, 6.45) is 2.63. The second-order valence-corrected chi connectivity index (χ2v) is 6.85. The summed E-state index contributed by atoms with van der Waals surface area (Å²) in [7, 11) is 4.00. The van der Waals surface area contributed by atoms with Gasteiger partial charge in [0.15, 0.2) is 0 Å². The third-order valence-electron chi connectivity index (χ3n) is 4.86. The highest BCUT2D eigenvalue weighted by molar-refractivity contribution is 5.89. The van der Waals surface area contributed by atoms with Crippen LogP contribution in [0, 0.1) is 5.92 Å². The van der Waals surface area contributed by atoms with Gasteiger partial charge < -0.3 is 15.5 Å². The standard InChI is InChI=1S/C19H27N5O/c1-4-17-18(13-24(3)22-17)21-19(25)20-10-15-11-23(2)12-16(15)14-8-6-5-7-9-14/h5-9,13,15-16H,4,10-12H2,1-3H3,(H2,20,21,25)/t15-,16+/m1/s1. The van der Waals surface area contributed by atoms with Crippen molar-refractivity contribution >= 4 is 11.7 Å². The predicted octanol–water partition coefficient (Wildman–Crippen LogP) is 2.45. The lowest BCUT2D eigenvalue weighted by Crippen LogP contribution is -2.35. The fourth-order valence-corrected chi connectivity index (χ4v) is 3.66. The van der Waals surface area contributed by atoms with E-state index in [4.69, 9.17) is 0 Å². The summed E-state index contributed by atoms with van der Waals surface area (Å²) in [5.41, 5.74) is 3.03. The van der Waals surface area contributed by atoms with Crippen molar-refractivity contribution < 1.29 is 4.79 Å². The van der Waals surface area contributed by atoms with Gasteiger partial charge >= 0.3 is 6.03 Å². The number of urea groups is 1. The largest absolute Gasteiger partial charge is 0.338 e. The molecule has 0 spiro atoms. The zero-order valence-corrected chi connectivity index (χ0v) is 15.2. The molecule has 2 aromatic rings. The number of likely N-dealkylation sites (tertiary alicyclic amines) is 1. The fraction of sp³-hybridized carbons (Fsp3) is 0.474. The molecule has 0 saturated carbocycles. The molecular formula is C19H27N5O. The summed E-state index contributed by atoms with van der Waals surface area (Å²) in [4.78, 5) is 14.6. The molecule has 2 amide bonds. The van der Waals surface area contributed by atoms with Crippen LogP contribution in [-0.2, 0) is 13.5 Å². The number of carbonyl (C=O) groups is 1. The zero-order chi connectivity index (χ0) is 17.8. The van der Waals surface area contributed by atoms with Crippen LogP contribution in [0.1, 0.15) is 24.1 Å². The maximum absolute atomic E-state index is 12.3. The molecule has 0 radical (unpaired) electrons. The van der Waals surface area contributed by atoms with Crippen LogP contribution in [0.3, 0.4) is 0 Å². The average molecular weight is 341 g/mol. The van der Waals surface area contributed by atoms with Gasteiger partial charge in [-0.3, -0.25) is 4.68 Å². The van der Waals surface area contributed by atoms with Crippen molar-refractivity contribution in [3.63, 3.8) is 0 Å². The summed E-state index contributed by atoms with van der Waals surface area (Å²) in [5, 5.41) is 10.3. The van der Waals surface area contributed by atoms with E-state index in [1.807, 2.05) is 26.2 Å². The van der Waals surface area contributed by atoms with Crippen molar-refractivity contribution in [1.29, 1.82) is 0 Å². The molecule has 25 heavy (non-hydrogen) atoms. The molecule has 2 atom stereocenters. The molecule has 0 bridgehead atoms. The van der Waals surface area contributed by atoms with Crippen molar-refractivity contribution in [2.45, 2.75) is 19.3 Å². The van der Waals surface area contributed by atoms with E-state index in [-0.39, 0.29) is 6.03 Å². The fourth-order valence-electron chi connectivity index (χ4n) is 3.66. The summed E-state index contributed by atoms with van der Waals surface area (Å²) in [6.45, 7) is 4.72. The number of likely N-dealkylation sites (N-methyl/N-ethyl adjacent to an activating group) is 1. The van der Waals surface area contributed by atoms with Gasteiger partial charge in [0.2, 0.25) is 0 Å². The SMILES string of the molecule is CCc1nn(C)cc1NC(=O)NC[C@@H]1CN(C)C[C@H]1c1ccccc1. The Morgan fingerprint density at radius 2 is 2.00 bits per heavy atom. The Kier molecular flexibility index (Phi) is 5.38. The molecule has 6 heteroatoms. The molecule has 2 N–H and O–H groups in total. The van der Waals surface area contributed by atoms with Gasteiger partial charge in [0.25, 0.3) is 0 Å². The molecule has 134 valence electrons. The maximum atomic E-state index is 12.3. The van der Waals surface area contributed by atoms with Gasteiger partial charge in [0.1, 0.15) is 0 Å². The van der Waals surface area contributed by atoms with E-state index in [9.17, 15) is 4.79 Å². The molecule has 1 aliphatic rings. The first-order valence-corrected chi connectivity index (χ1v) is 8.87. The maximum Gasteiger partial charge on any atom is 0.319 e. The number of aromatic nitrogens is 2. The quantitative estimate of drug-likeness (QED) is 0.878. The van der Waals surface area contributed by atoms with Crippen molar-refractivity contribution in [3.05, 3.63) is 47.8 Å². The van der Waals surface area contributed by atoms with E-state index < -0.39 is 0 Å². The highest BCUT2D eigenvalue weighted by atomic mass is 16.2. The van der Waals surface area contributed by atoms with E-state index in [1.54, 1.807) is 4.68 Å². The van der Waals surface area contributed by atoms with E-state index in [0.717, 1.165) is 30.9 Å². The number of nitrogens with one attached hydrogen (secondary N) is 2. The number of rotatable bonds is 5. The van der Waals surface area contributed by atoms with Crippen LogP contribution in [0.2, 0.25) is 0 Å². The topological polar surface area (TPSA) is 62.2 Å². The van der Waals surface area contributed by atoms with Gasteiger partial charge in [-0.25, -0.2) is 4.79 Å². The van der Waals surface area contributed by atoms with Crippen molar-refractivity contribution in [2.24, 2.45) is 13.0 Å². The first kappa shape index (κ1) is 17.5. The Bertz CT molecular complexity index is 712. The van der Waals surface area contributed by atoms with Gasteiger partial charge in [-0.05, 0) is 24.9 Å². The molecule has 1 aliphatic heterocycles. The highest BCUT2D eigenvalue weighted by Crippen LogP contribution is 2.31. The lowest BCUT2D eigenvalue weighted by Gasteiger charge is -2.19. The number of benzene rings is 1. The Hall–Kier alpha value is -2.34. The van der Waals surface area contributed by atoms with Crippen LogP contribution in [0.25, 0.3) is 0 Å². The highest BCUT2D eigenvalue weighted by Gasteiger charge is 2.32. The molecule has 0 unspecified atom stereocenters. The Morgan fingerprint density at radius 1 is 1.24 bits per heavy atom. The lowest BCUT2D eigenvalue weighted by atomic mass is 9.89. The molecule has 2 heterocycles. The lowest BCUT2D eigenvalue weighted by molar-refractivity contribution is 0.249. The Balaban J connectivity index is 1.59. The summed E-state index contributed by atoms with van der Waals surface area (Å²) < 4.78 is 1.73. The summed E-state index contributed by atoms with van der Waals surface area (Å²) in [6, 6.07) is 10.4. The van der Waals surface area contributed by atoms with Gasteiger partial charge in [0.05, 0.1) is 11.4 Å². The van der Waals surface area contributed by atoms with E-state index in [1.165, 1.54) is 5.56 Å². The molecule has 1 fully saturated rings. The van der Waals surface area contributed by atoms with E-state index in [2.05, 4.69) is 51.9 Å². The predicted molar refractivity (Wildman–Crippen MR) is 99.8 cm³/mol. The molecular weight excluding hydrogens is 314 g/mol. The first-order chi connectivity index (χ1) is 12.1. The number of carbonyl (C=O) groups excluding carboxylic acids is 1. The van der Waals surface area contributed by atoms with Crippen molar-refractivity contribution in [2.75, 3.05) is 32.0 Å². The number of nitrogens with zero attached hydrogens (tertiary/aromatic N) is 3. The molecule has 1 aromatic carbocycles.